The first kappa shape index (κ1) is 24.8. The van der Waals surface area contributed by atoms with Gasteiger partial charge < -0.3 is 25.5 Å². The Labute approximate surface area is 210 Å². The van der Waals surface area contributed by atoms with Gasteiger partial charge in [0.2, 0.25) is 0 Å². The van der Waals surface area contributed by atoms with Gasteiger partial charge in [0.25, 0.3) is 0 Å². The molecule has 0 aliphatic carbocycles. The smallest absolute Gasteiger partial charge is 0.415 e. The van der Waals surface area contributed by atoms with Crippen LogP contribution in [0.25, 0.3) is 12.2 Å². The van der Waals surface area contributed by atoms with Crippen LogP contribution in [0.4, 0.5) is 10.5 Å². The van der Waals surface area contributed by atoms with E-state index in [9.17, 15) is 39.9 Å². The summed E-state index contributed by atoms with van der Waals surface area (Å²) in [5.74, 6) is -2.81. The maximum atomic E-state index is 13.7. The van der Waals surface area contributed by atoms with Crippen LogP contribution in [0.2, 0.25) is 0 Å². The van der Waals surface area contributed by atoms with E-state index in [0.29, 0.717) is 11.1 Å². The van der Waals surface area contributed by atoms with Crippen molar-refractivity contribution in [1.29, 1.82) is 0 Å². The standard InChI is InChI=1S/C28H21NO8/c30-21-9-5-17(15-23(21)32)7-11-25(34)28(26(35)12-8-18-6-10-22(31)24(33)16-18)13-14-29(27(36)37)20-4-2-1-3-19(20)28/h1-16,30-33H,(H,36,37). The molecule has 0 aromatic heterocycles. The second kappa shape index (κ2) is 9.74. The molecule has 5 N–H and O–H groups in total. The van der Waals surface area contributed by atoms with Gasteiger partial charge >= 0.3 is 6.09 Å². The molecule has 0 fully saturated rings. The van der Waals surface area contributed by atoms with Crippen molar-refractivity contribution in [1.82, 2.24) is 0 Å². The monoisotopic (exact) mass is 499 g/mol. The number of nitrogens with zero attached hydrogens (tertiary/aromatic N) is 1. The third-order valence-corrected chi connectivity index (χ3v) is 5.90. The van der Waals surface area contributed by atoms with Crippen LogP contribution < -0.4 is 4.90 Å². The molecule has 0 saturated heterocycles. The fourth-order valence-corrected chi connectivity index (χ4v) is 3.99. The highest BCUT2D eigenvalue weighted by Crippen LogP contribution is 2.41. The quantitative estimate of drug-likeness (QED) is 0.191. The Balaban J connectivity index is 1.81. The molecule has 1 heterocycles. The van der Waals surface area contributed by atoms with E-state index in [4.69, 9.17) is 0 Å². The van der Waals surface area contributed by atoms with Gasteiger partial charge in [0.05, 0.1) is 5.69 Å². The van der Waals surface area contributed by atoms with Crippen molar-refractivity contribution < 1.29 is 39.9 Å². The molecular formula is C28H21NO8. The maximum Gasteiger partial charge on any atom is 0.415 e. The topological polar surface area (TPSA) is 156 Å². The Hall–Kier alpha value is -5.31. The summed E-state index contributed by atoms with van der Waals surface area (Å²) in [5, 5.41) is 48.1. The molecule has 0 spiro atoms. The normalized spacial score (nSPS) is 16.7. The number of rotatable bonds is 6. The Morgan fingerprint density at radius 2 is 1.22 bits per heavy atom. The van der Waals surface area contributed by atoms with Crippen LogP contribution in [-0.4, -0.2) is 43.2 Å². The van der Waals surface area contributed by atoms with Crippen molar-refractivity contribution >= 4 is 35.5 Å². The van der Waals surface area contributed by atoms with Crippen LogP contribution in [0.15, 0.2) is 85.1 Å². The van der Waals surface area contributed by atoms with Crippen molar-refractivity contribution in [3.8, 4) is 23.0 Å². The summed E-state index contributed by atoms with van der Waals surface area (Å²) in [7, 11) is 0. The van der Waals surface area contributed by atoms with Gasteiger partial charge in [-0.15, -0.1) is 0 Å². The van der Waals surface area contributed by atoms with Gasteiger partial charge in [-0.2, -0.15) is 0 Å². The summed E-state index contributed by atoms with van der Waals surface area (Å²) in [6, 6.07) is 14.0. The van der Waals surface area contributed by atoms with E-state index in [2.05, 4.69) is 0 Å². The minimum Gasteiger partial charge on any atom is -0.504 e. The Morgan fingerprint density at radius 1 is 0.703 bits per heavy atom. The molecule has 1 amide bonds. The zero-order valence-electron chi connectivity index (χ0n) is 19.1. The van der Waals surface area contributed by atoms with Gasteiger partial charge in [0.1, 0.15) is 5.41 Å². The predicted octanol–water partition coefficient (Wildman–Crippen LogP) is 4.32. The summed E-state index contributed by atoms with van der Waals surface area (Å²) in [6.45, 7) is 0. The molecule has 0 saturated carbocycles. The van der Waals surface area contributed by atoms with Gasteiger partial charge in [-0.3, -0.25) is 14.5 Å². The number of carbonyl (C=O) groups is 3. The van der Waals surface area contributed by atoms with Crippen LogP contribution in [0.3, 0.4) is 0 Å². The number of phenols is 4. The van der Waals surface area contributed by atoms with E-state index in [1.807, 2.05) is 0 Å². The number of carboxylic acid groups (broad SMARTS) is 1. The third-order valence-electron chi connectivity index (χ3n) is 5.90. The average molecular weight is 499 g/mol. The number of hydrogen-bond donors (Lipinski definition) is 5. The van der Waals surface area contributed by atoms with Crippen LogP contribution in [0.1, 0.15) is 16.7 Å². The minimum absolute atomic E-state index is 0.130. The molecule has 37 heavy (non-hydrogen) atoms. The van der Waals surface area contributed by atoms with Crippen LogP contribution in [0.5, 0.6) is 23.0 Å². The van der Waals surface area contributed by atoms with Gasteiger partial charge in [-0.05, 0) is 59.7 Å². The Kier molecular flexibility index (Phi) is 6.53. The number of amides is 1. The van der Waals surface area contributed by atoms with Crippen molar-refractivity contribution in [3.05, 3.63) is 102 Å². The molecule has 9 nitrogen and oxygen atoms in total. The second-order valence-electron chi connectivity index (χ2n) is 8.18. The third kappa shape index (κ3) is 4.65. The lowest BCUT2D eigenvalue weighted by molar-refractivity contribution is -0.127. The summed E-state index contributed by atoms with van der Waals surface area (Å²) >= 11 is 0. The van der Waals surface area contributed by atoms with Gasteiger partial charge in [-0.25, -0.2) is 4.79 Å². The Morgan fingerprint density at radius 3 is 1.70 bits per heavy atom. The summed E-state index contributed by atoms with van der Waals surface area (Å²) in [6.07, 6.45) is 6.05. The number of anilines is 1. The number of para-hydroxylation sites is 1. The first-order valence-corrected chi connectivity index (χ1v) is 10.9. The van der Waals surface area contributed by atoms with Crippen LogP contribution in [-0.2, 0) is 15.0 Å². The first-order valence-electron chi connectivity index (χ1n) is 10.9. The maximum absolute atomic E-state index is 13.7. The molecule has 4 rings (SSSR count). The molecule has 1 aliphatic heterocycles. The first-order chi connectivity index (χ1) is 17.6. The van der Waals surface area contributed by atoms with Gasteiger partial charge in [0, 0.05) is 11.8 Å². The van der Waals surface area contributed by atoms with Crippen molar-refractivity contribution in [3.63, 3.8) is 0 Å². The fourth-order valence-electron chi connectivity index (χ4n) is 3.99. The number of fused-ring (bicyclic) bond motifs is 1. The molecule has 0 bridgehead atoms. The Bertz CT molecular complexity index is 1430. The van der Waals surface area contributed by atoms with Crippen molar-refractivity contribution in [2.75, 3.05) is 4.90 Å². The SMILES string of the molecule is O=C(O)N1C=CC(C(=O)C=Cc2ccc(O)c(O)c2)(C(=O)C=Cc2ccc(O)c(O)c2)c2ccccc21. The number of allylic oxidation sites excluding steroid dienone is 3. The number of ketones is 2. The van der Waals surface area contributed by atoms with E-state index >= 15 is 0 Å². The molecule has 0 unspecified atom stereocenters. The average Bonchev–Trinajstić information content (AvgIpc) is 2.88. The number of benzene rings is 3. The zero-order valence-corrected chi connectivity index (χ0v) is 19.1. The lowest BCUT2D eigenvalue weighted by Crippen LogP contribution is -2.45. The summed E-state index contributed by atoms with van der Waals surface area (Å²) in [5.41, 5.74) is -0.895. The van der Waals surface area contributed by atoms with E-state index in [0.717, 1.165) is 23.3 Å². The lowest BCUT2D eigenvalue weighted by Gasteiger charge is -2.34. The number of hydrogen-bond acceptors (Lipinski definition) is 7. The van der Waals surface area contributed by atoms with E-state index in [1.54, 1.807) is 12.1 Å². The van der Waals surface area contributed by atoms with E-state index in [1.165, 1.54) is 66.8 Å². The number of phenolic OH excluding ortho intramolecular Hbond substituents is 4. The predicted molar refractivity (Wildman–Crippen MR) is 135 cm³/mol. The summed E-state index contributed by atoms with van der Waals surface area (Å²) in [4.78, 5) is 40.1. The van der Waals surface area contributed by atoms with E-state index < -0.39 is 23.1 Å². The summed E-state index contributed by atoms with van der Waals surface area (Å²) < 4.78 is 0. The van der Waals surface area contributed by atoms with Gasteiger partial charge in [-0.1, -0.05) is 42.5 Å². The van der Waals surface area contributed by atoms with Crippen molar-refractivity contribution in [2.45, 2.75) is 5.41 Å². The molecular weight excluding hydrogens is 478 g/mol. The number of carbonyl (C=O) groups excluding carboxylic acids is 2. The van der Waals surface area contributed by atoms with Crippen LogP contribution in [0, 0.1) is 0 Å². The molecule has 3 aromatic rings. The lowest BCUT2D eigenvalue weighted by atomic mass is 9.70. The molecule has 3 aromatic carbocycles. The number of aromatic hydroxyl groups is 4. The molecule has 1 aliphatic rings. The van der Waals surface area contributed by atoms with E-state index in [-0.39, 0.29) is 34.2 Å². The second-order valence-corrected chi connectivity index (χ2v) is 8.18. The van der Waals surface area contributed by atoms with Crippen molar-refractivity contribution in [2.24, 2.45) is 0 Å². The molecule has 9 heteroatoms. The highest BCUT2D eigenvalue weighted by atomic mass is 16.4. The highest BCUT2D eigenvalue weighted by Gasteiger charge is 2.47. The fraction of sp³-hybridized carbons (Fsp3) is 0.0357. The zero-order chi connectivity index (χ0) is 26.7. The molecule has 0 radical (unpaired) electrons. The molecule has 186 valence electrons. The van der Waals surface area contributed by atoms with Gasteiger partial charge in [0.15, 0.2) is 34.6 Å². The van der Waals surface area contributed by atoms with Crippen LogP contribution >= 0.6 is 0 Å². The highest BCUT2D eigenvalue weighted by molar-refractivity contribution is 6.25. The largest absolute Gasteiger partial charge is 0.504 e. The molecule has 0 atom stereocenters. The minimum atomic E-state index is -1.92.